The average molecular weight is 610 g/mol. The minimum atomic E-state index is -3.83. The van der Waals surface area contributed by atoms with Crippen LogP contribution >= 0.6 is 11.6 Å². The number of hydrogen-bond acceptors (Lipinski definition) is 9. The monoisotopic (exact) mass is 609 g/mol. The van der Waals surface area contributed by atoms with E-state index in [1.807, 2.05) is 48.9 Å². The Morgan fingerprint density at radius 3 is 2.67 bits per heavy atom. The smallest absolute Gasteiger partial charge is 0.285 e. The van der Waals surface area contributed by atoms with Crippen LogP contribution in [0.2, 0.25) is 5.15 Å². The third kappa shape index (κ3) is 6.24. The molecular formula is C29H32ClN7O4S. The highest BCUT2D eigenvalue weighted by atomic mass is 35.5. The molecule has 0 spiro atoms. The fourth-order valence-electron chi connectivity index (χ4n) is 5.42. The van der Waals surface area contributed by atoms with Gasteiger partial charge in [0, 0.05) is 43.5 Å². The minimum absolute atomic E-state index is 0.0354. The van der Waals surface area contributed by atoms with Gasteiger partial charge in [-0.05, 0) is 62.6 Å². The molecule has 0 unspecified atom stereocenters. The minimum Gasteiger partial charge on any atom is -0.377 e. The SMILES string of the molecule is Cc1cc([C@@H](C)Nc2ccc(Cl)nc2C(=O)NS(C)(=O)=O)c2nc(N3CCC[C@@H](c4ccccn4)C3)n(C)c(=O)c2c1. The molecule has 4 heterocycles. The van der Waals surface area contributed by atoms with Gasteiger partial charge >= 0.3 is 0 Å². The van der Waals surface area contributed by atoms with Crippen molar-refractivity contribution in [2.75, 3.05) is 29.6 Å². The first-order valence-electron chi connectivity index (χ1n) is 13.5. The molecule has 220 valence electrons. The fraction of sp³-hybridized carbons (Fsp3) is 0.345. The number of aromatic nitrogens is 4. The van der Waals surface area contributed by atoms with Gasteiger partial charge in [0.05, 0.1) is 28.9 Å². The van der Waals surface area contributed by atoms with Gasteiger partial charge in [-0.2, -0.15) is 0 Å². The van der Waals surface area contributed by atoms with Crippen LogP contribution in [0.5, 0.6) is 0 Å². The number of fused-ring (bicyclic) bond motifs is 1. The molecule has 1 saturated heterocycles. The van der Waals surface area contributed by atoms with Crippen LogP contribution in [0.3, 0.4) is 0 Å². The highest BCUT2D eigenvalue weighted by Gasteiger charge is 2.27. The molecule has 1 aliphatic rings. The third-order valence-corrected chi connectivity index (χ3v) is 8.10. The predicted octanol–water partition coefficient (Wildman–Crippen LogP) is 3.93. The molecule has 42 heavy (non-hydrogen) atoms. The van der Waals surface area contributed by atoms with E-state index in [0.717, 1.165) is 42.5 Å². The summed E-state index contributed by atoms with van der Waals surface area (Å²) in [5, 5.41) is 3.77. The van der Waals surface area contributed by atoms with Crippen molar-refractivity contribution in [2.45, 2.75) is 38.6 Å². The zero-order valence-electron chi connectivity index (χ0n) is 23.8. The Kier molecular flexibility index (Phi) is 8.20. The number of benzene rings is 1. The van der Waals surface area contributed by atoms with Gasteiger partial charge in [-0.25, -0.2) is 23.1 Å². The topological polar surface area (TPSA) is 139 Å². The van der Waals surface area contributed by atoms with Crippen LogP contribution in [-0.2, 0) is 17.1 Å². The van der Waals surface area contributed by atoms with Crippen LogP contribution in [0.4, 0.5) is 11.6 Å². The number of halogens is 1. The first kappa shape index (κ1) is 29.5. The molecule has 2 N–H and O–H groups in total. The van der Waals surface area contributed by atoms with Crippen LogP contribution in [0, 0.1) is 6.92 Å². The number of hydrogen-bond donors (Lipinski definition) is 2. The Balaban J connectivity index is 1.54. The molecule has 1 amide bonds. The summed E-state index contributed by atoms with van der Waals surface area (Å²) < 4.78 is 26.9. The van der Waals surface area contributed by atoms with Crippen LogP contribution in [0.1, 0.15) is 59.0 Å². The maximum Gasteiger partial charge on any atom is 0.285 e. The highest BCUT2D eigenvalue weighted by Crippen LogP contribution is 2.31. The van der Waals surface area contributed by atoms with Crippen LogP contribution < -0.4 is 20.5 Å². The van der Waals surface area contributed by atoms with Crippen molar-refractivity contribution in [1.29, 1.82) is 0 Å². The molecule has 1 aliphatic heterocycles. The largest absolute Gasteiger partial charge is 0.377 e. The summed E-state index contributed by atoms with van der Waals surface area (Å²) in [6.07, 6.45) is 4.63. The zero-order chi connectivity index (χ0) is 30.2. The van der Waals surface area contributed by atoms with E-state index in [2.05, 4.69) is 20.2 Å². The molecular weight excluding hydrogens is 578 g/mol. The standard InChI is InChI=1S/C29H32ClN7O4S/c1-17-14-20(18(2)32-23-10-11-24(30)33-26(23)27(38)35-42(4,40)41)25-21(15-17)28(39)36(3)29(34-25)37-13-7-8-19(16-37)22-9-5-6-12-31-22/h5-6,9-12,14-15,18-19,32H,7-8,13,16H2,1-4H3,(H,35,38)/t18-,19-/m1/s1. The summed E-state index contributed by atoms with van der Waals surface area (Å²) >= 11 is 6.03. The van der Waals surface area contributed by atoms with E-state index >= 15 is 0 Å². The predicted molar refractivity (Wildman–Crippen MR) is 164 cm³/mol. The number of carbonyl (C=O) groups is 1. The quantitative estimate of drug-likeness (QED) is 0.298. The van der Waals surface area contributed by atoms with E-state index in [1.54, 1.807) is 23.9 Å². The molecule has 0 aliphatic carbocycles. The number of rotatable bonds is 7. The van der Waals surface area contributed by atoms with Crippen molar-refractivity contribution >= 4 is 50.1 Å². The number of anilines is 2. The Morgan fingerprint density at radius 2 is 1.95 bits per heavy atom. The van der Waals surface area contributed by atoms with E-state index in [1.165, 1.54) is 6.07 Å². The number of aryl methyl sites for hydroxylation is 1. The molecule has 0 bridgehead atoms. The zero-order valence-corrected chi connectivity index (χ0v) is 25.3. The van der Waals surface area contributed by atoms with Crippen molar-refractivity contribution in [1.82, 2.24) is 24.2 Å². The number of sulfonamides is 1. The Bertz CT molecular complexity index is 1830. The average Bonchev–Trinajstić information content (AvgIpc) is 2.95. The Labute approximate surface area is 249 Å². The van der Waals surface area contributed by atoms with Crippen LogP contribution in [0.25, 0.3) is 10.9 Å². The maximum absolute atomic E-state index is 13.7. The van der Waals surface area contributed by atoms with Crippen molar-refractivity contribution in [2.24, 2.45) is 7.05 Å². The third-order valence-electron chi connectivity index (χ3n) is 7.33. The Hall–Kier alpha value is -4.03. The normalized spacial score (nSPS) is 16.3. The van der Waals surface area contributed by atoms with Crippen LogP contribution in [-0.4, -0.2) is 53.2 Å². The van der Waals surface area contributed by atoms with Crippen molar-refractivity contribution in [3.8, 4) is 0 Å². The summed E-state index contributed by atoms with van der Waals surface area (Å²) in [5.74, 6) is -0.114. The molecule has 1 fully saturated rings. The number of nitrogens with one attached hydrogen (secondary N) is 2. The van der Waals surface area contributed by atoms with E-state index in [9.17, 15) is 18.0 Å². The summed E-state index contributed by atoms with van der Waals surface area (Å²) in [6, 6.07) is 12.3. The van der Waals surface area contributed by atoms with Crippen molar-refractivity contribution in [3.05, 3.63) is 86.7 Å². The van der Waals surface area contributed by atoms with Crippen molar-refractivity contribution < 1.29 is 13.2 Å². The first-order chi connectivity index (χ1) is 19.9. The molecule has 2 atom stereocenters. The van der Waals surface area contributed by atoms with Gasteiger partial charge in [0.15, 0.2) is 5.69 Å². The second kappa shape index (κ2) is 11.7. The van der Waals surface area contributed by atoms with Crippen molar-refractivity contribution in [3.63, 3.8) is 0 Å². The maximum atomic E-state index is 13.7. The number of carbonyl (C=O) groups excluding carboxylic acids is 1. The summed E-state index contributed by atoms with van der Waals surface area (Å²) in [6.45, 7) is 5.23. The van der Waals surface area contributed by atoms with Gasteiger partial charge in [-0.3, -0.25) is 19.1 Å². The molecule has 5 rings (SSSR count). The second-order valence-corrected chi connectivity index (χ2v) is 12.8. The first-order valence-corrected chi connectivity index (χ1v) is 15.8. The molecule has 0 radical (unpaired) electrons. The van der Waals surface area contributed by atoms with Gasteiger partial charge in [0.2, 0.25) is 16.0 Å². The molecule has 1 aromatic carbocycles. The van der Waals surface area contributed by atoms with Gasteiger partial charge in [0.25, 0.3) is 11.5 Å². The van der Waals surface area contributed by atoms with Crippen LogP contribution in [0.15, 0.2) is 53.5 Å². The summed E-state index contributed by atoms with van der Waals surface area (Å²) in [7, 11) is -2.09. The van der Waals surface area contributed by atoms with Gasteiger partial charge < -0.3 is 10.2 Å². The summed E-state index contributed by atoms with van der Waals surface area (Å²) in [4.78, 5) is 42.2. The fourth-order valence-corrected chi connectivity index (χ4v) is 6.01. The molecule has 11 nitrogen and oxygen atoms in total. The number of nitrogens with zero attached hydrogens (tertiary/aromatic N) is 5. The number of amides is 1. The van der Waals surface area contributed by atoms with Gasteiger partial charge in [-0.1, -0.05) is 23.7 Å². The van der Waals surface area contributed by atoms with E-state index in [-0.39, 0.29) is 28.0 Å². The molecule has 13 heteroatoms. The molecule has 4 aromatic rings. The van der Waals surface area contributed by atoms with Gasteiger partial charge in [-0.15, -0.1) is 0 Å². The highest BCUT2D eigenvalue weighted by molar-refractivity contribution is 7.89. The lowest BCUT2D eigenvalue weighted by Gasteiger charge is -2.34. The van der Waals surface area contributed by atoms with E-state index < -0.39 is 22.0 Å². The van der Waals surface area contributed by atoms with E-state index in [4.69, 9.17) is 16.6 Å². The van der Waals surface area contributed by atoms with Gasteiger partial charge in [0.1, 0.15) is 5.15 Å². The molecule has 0 saturated carbocycles. The summed E-state index contributed by atoms with van der Waals surface area (Å²) in [5.41, 5.74) is 3.13. The van der Waals surface area contributed by atoms with E-state index in [0.29, 0.717) is 23.4 Å². The second-order valence-electron chi connectivity index (χ2n) is 10.7. The lowest BCUT2D eigenvalue weighted by molar-refractivity contribution is 0.0977. The molecule has 3 aromatic heterocycles. The lowest BCUT2D eigenvalue weighted by Crippen LogP contribution is -2.39. The Morgan fingerprint density at radius 1 is 1.17 bits per heavy atom. The number of piperidine rings is 1. The lowest BCUT2D eigenvalue weighted by atomic mass is 9.94. The number of pyridine rings is 2.